The second kappa shape index (κ2) is 9.83. The molecule has 31 heavy (non-hydrogen) atoms. The van der Waals surface area contributed by atoms with Gasteiger partial charge in [0.15, 0.2) is 5.16 Å². The zero-order chi connectivity index (χ0) is 21.6. The van der Waals surface area contributed by atoms with E-state index < -0.39 is 0 Å². The molecule has 0 radical (unpaired) electrons. The monoisotopic (exact) mass is 434 g/mol. The van der Waals surface area contributed by atoms with Crippen LogP contribution < -0.4 is 10.6 Å². The number of amides is 2. The number of imidazole rings is 1. The predicted molar refractivity (Wildman–Crippen MR) is 123 cm³/mol. The number of thioether (sulfide) groups is 1. The van der Waals surface area contributed by atoms with Crippen LogP contribution in [0.4, 0.5) is 5.69 Å². The molecule has 1 heterocycles. The molecule has 1 aliphatic carbocycles. The van der Waals surface area contributed by atoms with Crippen molar-refractivity contribution in [3.63, 3.8) is 0 Å². The Hall–Kier alpha value is -3.06. The highest BCUT2D eigenvalue weighted by Gasteiger charge is 2.29. The number of hydrogen-bond donors (Lipinski definition) is 3. The molecule has 7 heteroatoms. The van der Waals surface area contributed by atoms with E-state index in [0.29, 0.717) is 6.54 Å². The summed E-state index contributed by atoms with van der Waals surface area (Å²) < 4.78 is 0. The summed E-state index contributed by atoms with van der Waals surface area (Å²) in [5.74, 6) is 0.475. The molecule has 0 aliphatic heterocycles. The van der Waals surface area contributed by atoms with Gasteiger partial charge in [0.05, 0.1) is 11.4 Å². The second-order valence-electron chi connectivity index (χ2n) is 7.81. The molecule has 2 aromatic carbocycles. The number of aromatic nitrogens is 2. The number of anilines is 1. The van der Waals surface area contributed by atoms with Gasteiger partial charge in [0.1, 0.15) is 0 Å². The topological polar surface area (TPSA) is 86.9 Å². The molecule has 0 unspecified atom stereocenters. The van der Waals surface area contributed by atoms with Gasteiger partial charge in [-0.3, -0.25) is 9.59 Å². The van der Waals surface area contributed by atoms with Gasteiger partial charge in [-0.1, -0.05) is 54.2 Å². The van der Waals surface area contributed by atoms with Gasteiger partial charge in [-0.05, 0) is 43.0 Å². The molecule has 6 nitrogen and oxygen atoms in total. The van der Waals surface area contributed by atoms with Crippen molar-refractivity contribution >= 4 is 29.3 Å². The fraction of sp³-hybridized carbons (Fsp3) is 0.292. The number of nitrogens with one attached hydrogen (secondary N) is 3. The lowest BCUT2D eigenvalue weighted by molar-refractivity contribution is -0.119. The Morgan fingerprint density at radius 2 is 1.87 bits per heavy atom. The number of hydrogen-bond acceptors (Lipinski definition) is 4. The molecule has 2 amide bonds. The SMILES string of the molecule is Cc1[nH]c(SCC(=O)NCc2cccc(NC(=O)C3CC3)c2)nc1Cc1ccccc1. The van der Waals surface area contributed by atoms with E-state index in [2.05, 4.69) is 32.7 Å². The summed E-state index contributed by atoms with van der Waals surface area (Å²) in [6.45, 7) is 2.42. The highest BCUT2D eigenvalue weighted by atomic mass is 32.2. The Morgan fingerprint density at radius 1 is 1.10 bits per heavy atom. The van der Waals surface area contributed by atoms with Crippen molar-refractivity contribution in [1.82, 2.24) is 15.3 Å². The number of carbonyl (C=O) groups excluding carboxylic acids is 2. The first kappa shape index (κ1) is 21.2. The second-order valence-corrected chi connectivity index (χ2v) is 8.77. The molecule has 3 aromatic rings. The highest BCUT2D eigenvalue weighted by Crippen LogP contribution is 2.30. The predicted octanol–water partition coefficient (Wildman–Crippen LogP) is 4.07. The molecule has 0 saturated heterocycles. The minimum atomic E-state index is -0.0592. The number of H-pyrrole nitrogens is 1. The molecule has 0 atom stereocenters. The van der Waals surface area contributed by atoms with Gasteiger partial charge in [-0.15, -0.1) is 0 Å². The van der Waals surface area contributed by atoms with Crippen LogP contribution >= 0.6 is 11.8 Å². The average molecular weight is 435 g/mol. The zero-order valence-electron chi connectivity index (χ0n) is 17.5. The van der Waals surface area contributed by atoms with Crippen LogP contribution in [-0.4, -0.2) is 27.5 Å². The van der Waals surface area contributed by atoms with Gasteiger partial charge >= 0.3 is 0 Å². The van der Waals surface area contributed by atoms with Crippen molar-refractivity contribution in [3.05, 3.63) is 77.1 Å². The zero-order valence-corrected chi connectivity index (χ0v) is 18.3. The van der Waals surface area contributed by atoms with Crippen LogP contribution in [-0.2, 0) is 22.6 Å². The molecular weight excluding hydrogens is 408 g/mol. The highest BCUT2D eigenvalue weighted by molar-refractivity contribution is 7.99. The van der Waals surface area contributed by atoms with Crippen molar-refractivity contribution in [2.24, 2.45) is 5.92 Å². The molecule has 1 aromatic heterocycles. The standard InChI is InChI=1S/C24H26N4O2S/c1-16-21(13-17-6-3-2-4-7-17)28-24(26-16)31-15-22(29)25-14-18-8-5-9-20(12-18)27-23(30)19-10-11-19/h2-9,12,19H,10-11,13-15H2,1H3,(H,25,29)(H,26,28)(H,27,30). The van der Waals surface area contributed by atoms with E-state index in [9.17, 15) is 9.59 Å². The molecular formula is C24H26N4O2S. The van der Waals surface area contributed by atoms with Crippen LogP contribution in [0.1, 0.15) is 35.4 Å². The third-order valence-corrected chi connectivity index (χ3v) is 6.02. The fourth-order valence-corrected chi connectivity index (χ4v) is 4.00. The molecule has 1 saturated carbocycles. The van der Waals surface area contributed by atoms with Gasteiger partial charge < -0.3 is 15.6 Å². The maximum Gasteiger partial charge on any atom is 0.230 e. The van der Waals surface area contributed by atoms with E-state index in [0.717, 1.165) is 47.1 Å². The van der Waals surface area contributed by atoms with E-state index >= 15 is 0 Å². The third kappa shape index (κ3) is 6.21. The molecule has 160 valence electrons. The lowest BCUT2D eigenvalue weighted by Crippen LogP contribution is -2.24. The van der Waals surface area contributed by atoms with Crippen LogP contribution in [0.5, 0.6) is 0 Å². The van der Waals surface area contributed by atoms with Crippen LogP contribution in [0.25, 0.3) is 0 Å². The van der Waals surface area contributed by atoms with Crippen molar-refractivity contribution in [3.8, 4) is 0 Å². The van der Waals surface area contributed by atoms with Crippen molar-refractivity contribution < 1.29 is 9.59 Å². The van der Waals surface area contributed by atoms with Crippen LogP contribution in [0.15, 0.2) is 59.8 Å². The van der Waals surface area contributed by atoms with Crippen molar-refractivity contribution in [2.45, 2.75) is 37.9 Å². The normalized spacial score (nSPS) is 13.1. The Kier molecular flexibility index (Phi) is 6.72. The summed E-state index contributed by atoms with van der Waals surface area (Å²) in [5.41, 5.74) is 4.96. The molecule has 1 aliphatic rings. The largest absolute Gasteiger partial charge is 0.351 e. The van der Waals surface area contributed by atoms with E-state index in [4.69, 9.17) is 0 Å². The van der Waals surface area contributed by atoms with Gasteiger partial charge in [0.25, 0.3) is 0 Å². The Bertz CT molecular complexity index is 1060. The smallest absolute Gasteiger partial charge is 0.230 e. The van der Waals surface area contributed by atoms with Gasteiger partial charge in [-0.25, -0.2) is 4.98 Å². The number of rotatable bonds is 9. The molecule has 0 bridgehead atoms. The van der Waals surface area contributed by atoms with Gasteiger partial charge in [-0.2, -0.15) is 0 Å². The molecule has 4 rings (SSSR count). The van der Waals surface area contributed by atoms with Crippen molar-refractivity contribution in [1.29, 1.82) is 0 Å². The Balaban J connectivity index is 1.24. The average Bonchev–Trinajstić information content (AvgIpc) is 3.57. The number of aryl methyl sites for hydroxylation is 1. The first-order valence-corrected chi connectivity index (χ1v) is 11.4. The number of carbonyl (C=O) groups is 2. The lowest BCUT2D eigenvalue weighted by Gasteiger charge is -2.08. The maximum absolute atomic E-state index is 12.3. The number of benzene rings is 2. The molecule has 1 fully saturated rings. The number of aromatic amines is 1. The summed E-state index contributed by atoms with van der Waals surface area (Å²) in [6.07, 6.45) is 2.72. The third-order valence-electron chi connectivity index (χ3n) is 5.15. The van der Waals surface area contributed by atoms with Crippen LogP contribution in [0.2, 0.25) is 0 Å². The molecule has 0 spiro atoms. The summed E-state index contributed by atoms with van der Waals surface area (Å²) >= 11 is 1.40. The summed E-state index contributed by atoms with van der Waals surface area (Å²) in [5, 5.41) is 6.62. The first-order chi connectivity index (χ1) is 15.1. The minimum Gasteiger partial charge on any atom is -0.351 e. The quantitative estimate of drug-likeness (QED) is 0.443. The maximum atomic E-state index is 12.3. The van der Waals surface area contributed by atoms with Crippen LogP contribution in [0, 0.1) is 12.8 Å². The molecule has 3 N–H and O–H groups in total. The van der Waals surface area contributed by atoms with Crippen molar-refractivity contribution in [2.75, 3.05) is 11.1 Å². The van der Waals surface area contributed by atoms with E-state index in [1.54, 1.807) is 0 Å². The van der Waals surface area contributed by atoms with Gasteiger partial charge in [0, 0.05) is 30.3 Å². The Morgan fingerprint density at radius 3 is 2.65 bits per heavy atom. The van der Waals surface area contributed by atoms with E-state index in [1.807, 2.05) is 49.4 Å². The number of nitrogens with zero attached hydrogens (tertiary/aromatic N) is 1. The Labute approximate surface area is 186 Å². The summed E-state index contributed by atoms with van der Waals surface area (Å²) in [6, 6.07) is 17.8. The lowest BCUT2D eigenvalue weighted by atomic mass is 10.1. The van der Waals surface area contributed by atoms with E-state index in [1.165, 1.54) is 17.3 Å². The van der Waals surface area contributed by atoms with Crippen LogP contribution in [0.3, 0.4) is 0 Å². The minimum absolute atomic E-state index is 0.0592. The van der Waals surface area contributed by atoms with Gasteiger partial charge in [0.2, 0.25) is 11.8 Å². The summed E-state index contributed by atoms with van der Waals surface area (Å²) in [7, 11) is 0. The first-order valence-electron chi connectivity index (χ1n) is 10.5. The van der Waals surface area contributed by atoms with E-state index in [-0.39, 0.29) is 23.5 Å². The fourth-order valence-electron chi connectivity index (χ4n) is 3.23. The summed E-state index contributed by atoms with van der Waals surface area (Å²) in [4.78, 5) is 32.1.